The van der Waals surface area contributed by atoms with Crippen molar-refractivity contribution in [3.63, 3.8) is 0 Å². The average molecular weight is 222 g/mol. The van der Waals surface area contributed by atoms with E-state index in [9.17, 15) is 8.78 Å². The Morgan fingerprint density at radius 3 is 2.14 bits per heavy atom. The zero-order valence-electron chi connectivity index (χ0n) is 8.13. The summed E-state index contributed by atoms with van der Waals surface area (Å²) in [5, 5.41) is 0. The third kappa shape index (κ3) is 2.93. The normalized spacial score (nSPS) is 12.4. The Hall–Kier alpha value is -0.670. The molecule has 0 unspecified atom stereocenters. The van der Waals surface area contributed by atoms with Crippen LogP contribution in [0.2, 0.25) is 0 Å². The first-order chi connectivity index (χ1) is 6.02. The van der Waals surface area contributed by atoms with Gasteiger partial charge in [0.1, 0.15) is 0 Å². The highest BCUT2D eigenvalue weighted by atomic mass is 35.5. The molecule has 0 aliphatic carbocycles. The molecule has 0 amide bonds. The van der Waals surface area contributed by atoms with Crippen molar-refractivity contribution in [2.45, 2.75) is 26.3 Å². The number of hydrogen-bond acceptors (Lipinski definition) is 1. The summed E-state index contributed by atoms with van der Waals surface area (Å²) < 4.78 is 24.4. The van der Waals surface area contributed by atoms with Gasteiger partial charge in [-0.25, -0.2) is 8.78 Å². The summed E-state index contributed by atoms with van der Waals surface area (Å²) in [5.74, 6) is 0. The molecular formula is C10H14ClF2N. The lowest BCUT2D eigenvalue weighted by Gasteiger charge is -2.12. The molecule has 1 aromatic carbocycles. The summed E-state index contributed by atoms with van der Waals surface area (Å²) >= 11 is 0. The van der Waals surface area contributed by atoms with Gasteiger partial charge in [-0.15, -0.1) is 12.4 Å². The Kier molecular flexibility index (Phi) is 5.02. The molecule has 0 saturated carbocycles. The van der Waals surface area contributed by atoms with E-state index in [0.717, 1.165) is 11.1 Å². The molecule has 1 aromatic rings. The summed E-state index contributed by atoms with van der Waals surface area (Å²) in [6.45, 7) is 3.82. The molecule has 0 saturated heterocycles. The van der Waals surface area contributed by atoms with E-state index in [4.69, 9.17) is 5.73 Å². The molecule has 0 aliphatic heterocycles. The summed E-state index contributed by atoms with van der Waals surface area (Å²) in [4.78, 5) is 0. The maximum Gasteiger partial charge on any atom is 0.257 e. The Morgan fingerprint density at radius 1 is 1.14 bits per heavy atom. The number of aryl methyl sites for hydroxylation is 2. The molecule has 4 heteroatoms. The topological polar surface area (TPSA) is 26.0 Å². The quantitative estimate of drug-likeness (QED) is 0.817. The summed E-state index contributed by atoms with van der Waals surface area (Å²) in [6.07, 6.45) is -2.50. The van der Waals surface area contributed by atoms with Crippen LogP contribution in [0.15, 0.2) is 18.2 Å². The van der Waals surface area contributed by atoms with Crippen LogP contribution in [0.5, 0.6) is 0 Å². The smallest absolute Gasteiger partial charge is 0.257 e. The Morgan fingerprint density at radius 2 is 1.71 bits per heavy atom. The average Bonchev–Trinajstić information content (AvgIpc) is 2.08. The molecule has 1 nitrogen and oxygen atoms in total. The van der Waals surface area contributed by atoms with Gasteiger partial charge in [-0.2, -0.15) is 0 Å². The zero-order chi connectivity index (χ0) is 10.0. The lowest BCUT2D eigenvalue weighted by molar-refractivity contribution is 0.116. The number of rotatable bonds is 2. The molecular weight excluding hydrogens is 208 g/mol. The zero-order valence-corrected chi connectivity index (χ0v) is 8.94. The first-order valence-electron chi connectivity index (χ1n) is 4.13. The van der Waals surface area contributed by atoms with Gasteiger partial charge in [0.15, 0.2) is 0 Å². The summed E-state index contributed by atoms with van der Waals surface area (Å²) in [6, 6.07) is 4.01. The highest BCUT2D eigenvalue weighted by Crippen LogP contribution is 2.20. The van der Waals surface area contributed by atoms with E-state index in [2.05, 4.69) is 0 Å². The predicted octanol–water partition coefficient (Wildman–Crippen LogP) is 2.99. The third-order valence-corrected chi connectivity index (χ3v) is 2.19. The van der Waals surface area contributed by atoms with Gasteiger partial charge < -0.3 is 5.73 Å². The predicted molar refractivity (Wildman–Crippen MR) is 56.1 cm³/mol. The van der Waals surface area contributed by atoms with Crippen molar-refractivity contribution in [2.24, 2.45) is 5.73 Å². The van der Waals surface area contributed by atoms with Crippen molar-refractivity contribution in [1.82, 2.24) is 0 Å². The Bertz CT molecular complexity index is 302. The fourth-order valence-corrected chi connectivity index (χ4v) is 1.12. The molecule has 1 rings (SSSR count). The van der Waals surface area contributed by atoms with Crippen LogP contribution >= 0.6 is 12.4 Å². The minimum Gasteiger partial charge on any atom is -0.319 e. The number of halogens is 3. The standard InChI is InChI=1S/C10H13F2N.ClH/c1-6-3-4-8(5-7(6)2)9(13)10(11)12;/h3-5,9-10H,13H2,1-2H3;1H/t9-;/m0./s1. The molecule has 0 spiro atoms. The number of hydrogen-bond donors (Lipinski definition) is 1. The summed E-state index contributed by atoms with van der Waals surface area (Å²) in [5.41, 5.74) is 7.89. The first-order valence-corrected chi connectivity index (χ1v) is 4.13. The van der Waals surface area contributed by atoms with Crippen molar-refractivity contribution in [3.05, 3.63) is 34.9 Å². The van der Waals surface area contributed by atoms with Crippen LogP contribution in [0.25, 0.3) is 0 Å². The van der Waals surface area contributed by atoms with Gasteiger partial charge in [-0.05, 0) is 30.5 Å². The molecule has 14 heavy (non-hydrogen) atoms. The van der Waals surface area contributed by atoms with Crippen LogP contribution in [0.3, 0.4) is 0 Å². The second-order valence-electron chi connectivity index (χ2n) is 3.20. The SMILES string of the molecule is Cc1ccc([C@H](N)C(F)F)cc1C.Cl. The van der Waals surface area contributed by atoms with Gasteiger partial charge in [-0.3, -0.25) is 0 Å². The largest absolute Gasteiger partial charge is 0.319 e. The van der Waals surface area contributed by atoms with Crippen LogP contribution < -0.4 is 5.73 Å². The molecule has 0 radical (unpaired) electrons. The summed E-state index contributed by atoms with van der Waals surface area (Å²) in [7, 11) is 0. The van der Waals surface area contributed by atoms with Gasteiger partial charge in [0.2, 0.25) is 0 Å². The van der Waals surface area contributed by atoms with E-state index in [1.807, 2.05) is 19.9 Å². The first kappa shape index (κ1) is 13.3. The van der Waals surface area contributed by atoms with Gasteiger partial charge in [-0.1, -0.05) is 18.2 Å². The lowest BCUT2D eigenvalue weighted by atomic mass is 10.0. The van der Waals surface area contributed by atoms with E-state index in [0.29, 0.717) is 5.56 Å². The van der Waals surface area contributed by atoms with E-state index in [-0.39, 0.29) is 12.4 Å². The van der Waals surface area contributed by atoms with Crippen molar-refractivity contribution in [1.29, 1.82) is 0 Å². The van der Waals surface area contributed by atoms with Crippen molar-refractivity contribution >= 4 is 12.4 Å². The Balaban J connectivity index is 0.00000169. The number of benzene rings is 1. The fraction of sp³-hybridized carbons (Fsp3) is 0.400. The van der Waals surface area contributed by atoms with Crippen LogP contribution in [0.1, 0.15) is 22.7 Å². The highest BCUT2D eigenvalue weighted by Gasteiger charge is 2.17. The van der Waals surface area contributed by atoms with Gasteiger partial charge in [0.25, 0.3) is 6.43 Å². The molecule has 2 N–H and O–H groups in total. The molecule has 1 atom stereocenters. The second-order valence-corrected chi connectivity index (χ2v) is 3.20. The van der Waals surface area contributed by atoms with Crippen molar-refractivity contribution in [3.8, 4) is 0 Å². The van der Waals surface area contributed by atoms with Crippen molar-refractivity contribution in [2.75, 3.05) is 0 Å². The van der Waals surface area contributed by atoms with Gasteiger partial charge in [0.05, 0.1) is 6.04 Å². The molecule has 0 heterocycles. The third-order valence-electron chi connectivity index (χ3n) is 2.19. The van der Waals surface area contributed by atoms with Crippen LogP contribution in [0, 0.1) is 13.8 Å². The maximum atomic E-state index is 12.2. The molecule has 80 valence electrons. The van der Waals surface area contributed by atoms with Crippen LogP contribution in [-0.2, 0) is 0 Å². The number of nitrogens with two attached hydrogens (primary N) is 1. The minimum atomic E-state index is -2.50. The monoisotopic (exact) mass is 221 g/mol. The Labute approximate surface area is 88.7 Å². The molecule has 0 fully saturated rings. The fourth-order valence-electron chi connectivity index (χ4n) is 1.12. The number of alkyl halides is 2. The minimum absolute atomic E-state index is 0. The maximum absolute atomic E-state index is 12.2. The van der Waals surface area contributed by atoms with Gasteiger partial charge in [0, 0.05) is 0 Å². The van der Waals surface area contributed by atoms with Crippen LogP contribution in [0.4, 0.5) is 8.78 Å². The van der Waals surface area contributed by atoms with E-state index >= 15 is 0 Å². The van der Waals surface area contributed by atoms with E-state index < -0.39 is 12.5 Å². The highest BCUT2D eigenvalue weighted by molar-refractivity contribution is 5.85. The molecule has 0 bridgehead atoms. The van der Waals surface area contributed by atoms with Gasteiger partial charge >= 0.3 is 0 Å². The van der Waals surface area contributed by atoms with Crippen LogP contribution in [-0.4, -0.2) is 6.43 Å². The lowest BCUT2D eigenvalue weighted by Crippen LogP contribution is -2.18. The molecule has 0 aliphatic rings. The second kappa shape index (κ2) is 5.27. The van der Waals surface area contributed by atoms with Crippen molar-refractivity contribution < 1.29 is 8.78 Å². The van der Waals surface area contributed by atoms with E-state index in [1.165, 1.54) is 0 Å². The van der Waals surface area contributed by atoms with E-state index in [1.54, 1.807) is 12.1 Å². The molecule has 0 aromatic heterocycles.